The zero-order valence-electron chi connectivity index (χ0n) is 8.48. The Kier molecular flexibility index (Phi) is 2.77. The van der Waals surface area contributed by atoms with Gasteiger partial charge in [0.05, 0.1) is 0 Å². The molecule has 0 aliphatic heterocycles. The van der Waals surface area contributed by atoms with Gasteiger partial charge in [0.15, 0.2) is 0 Å². The summed E-state index contributed by atoms with van der Waals surface area (Å²) in [5.41, 5.74) is 5.87. The lowest BCUT2D eigenvalue weighted by Gasteiger charge is -2.24. The van der Waals surface area contributed by atoms with Crippen LogP contribution in [-0.2, 0) is 0 Å². The zero-order valence-corrected chi connectivity index (χ0v) is 8.48. The Labute approximate surface area is 88.1 Å². The van der Waals surface area contributed by atoms with Crippen molar-refractivity contribution in [2.45, 2.75) is 37.6 Å². The predicted octanol–water partition coefficient (Wildman–Crippen LogP) is 1.96. The van der Waals surface area contributed by atoms with E-state index in [-0.39, 0.29) is 11.8 Å². The van der Waals surface area contributed by atoms with Crippen molar-refractivity contribution >= 4 is 5.97 Å². The van der Waals surface area contributed by atoms with Crippen LogP contribution in [0.5, 0.6) is 0 Å². The Hall–Kier alpha value is -1.29. The molecule has 2 rings (SSSR count). The van der Waals surface area contributed by atoms with Gasteiger partial charge in [0, 0.05) is 12.0 Å². The summed E-state index contributed by atoms with van der Waals surface area (Å²) in [4.78, 5) is 10.6. The first-order valence-corrected chi connectivity index (χ1v) is 5.25. The van der Waals surface area contributed by atoms with Crippen LogP contribution in [0.15, 0.2) is 16.5 Å². The van der Waals surface area contributed by atoms with E-state index in [9.17, 15) is 4.79 Å². The molecule has 1 saturated carbocycles. The minimum atomic E-state index is -1.01. The van der Waals surface area contributed by atoms with Gasteiger partial charge in [0.1, 0.15) is 5.76 Å². The molecule has 4 heteroatoms. The second-order valence-corrected chi connectivity index (χ2v) is 4.13. The first kappa shape index (κ1) is 10.2. The number of nitrogens with two attached hydrogens (primary N) is 1. The summed E-state index contributed by atoms with van der Waals surface area (Å²) in [5, 5.41) is 8.73. The Balaban J connectivity index is 2.11. The van der Waals surface area contributed by atoms with Gasteiger partial charge in [-0.25, -0.2) is 4.79 Å². The number of carboxylic acid groups (broad SMARTS) is 1. The molecular weight excluding hydrogens is 194 g/mol. The highest BCUT2D eigenvalue weighted by atomic mass is 16.4. The molecule has 0 spiro atoms. The maximum Gasteiger partial charge on any atom is 0.371 e. The summed E-state index contributed by atoms with van der Waals surface area (Å²) in [6.45, 7) is 0. The summed E-state index contributed by atoms with van der Waals surface area (Å²) < 4.78 is 5.28. The minimum absolute atomic E-state index is 0.0177. The van der Waals surface area contributed by atoms with Crippen molar-refractivity contribution in [3.8, 4) is 0 Å². The molecule has 0 saturated heterocycles. The highest BCUT2D eigenvalue weighted by molar-refractivity contribution is 5.84. The number of carboxylic acids is 1. The van der Waals surface area contributed by atoms with E-state index in [1.807, 2.05) is 0 Å². The van der Waals surface area contributed by atoms with Gasteiger partial charge in [-0.3, -0.25) is 0 Å². The molecular formula is C11H15NO3. The number of furan rings is 1. The predicted molar refractivity (Wildman–Crippen MR) is 54.9 cm³/mol. The fourth-order valence-corrected chi connectivity index (χ4v) is 2.17. The van der Waals surface area contributed by atoms with Gasteiger partial charge in [0.25, 0.3) is 0 Å². The molecule has 1 aliphatic carbocycles. The Morgan fingerprint density at radius 2 is 2.27 bits per heavy atom. The van der Waals surface area contributed by atoms with Crippen molar-refractivity contribution in [3.63, 3.8) is 0 Å². The van der Waals surface area contributed by atoms with Crippen LogP contribution in [0, 0.1) is 0 Å². The van der Waals surface area contributed by atoms with E-state index >= 15 is 0 Å². The van der Waals surface area contributed by atoms with Gasteiger partial charge in [-0.2, -0.15) is 0 Å². The van der Waals surface area contributed by atoms with E-state index in [0.29, 0.717) is 5.92 Å². The molecule has 15 heavy (non-hydrogen) atoms. The van der Waals surface area contributed by atoms with E-state index in [2.05, 4.69) is 0 Å². The van der Waals surface area contributed by atoms with Crippen LogP contribution in [0.25, 0.3) is 0 Å². The molecule has 2 unspecified atom stereocenters. The molecule has 1 fully saturated rings. The number of aromatic carboxylic acids is 1. The fourth-order valence-electron chi connectivity index (χ4n) is 2.17. The second-order valence-electron chi connectivity index (χ2n) is 4.13. The number of rotatable bonds is 2. The molecule has 4 nitrogen and oxygen atoms in total. The van der Waals surface area contributed by atoms with Crippen molar-refractivity contribution in [1.82, 2.24) is 0 Å². The van der Waals surface area contributed by atoms with Crippen LogP contribution in [0.1, 0.15) is 47.9 Å². The van der Waals surface area contributed by atoms with Crippen LogP contribution in [0.3, 0.4) is 0 Å². The van der Waals surface area contributed by atoms with Crippen molar-refractivity contribution in [3.05, 3.63) is 23.7 Å². The smallest absolute Gasteiger partial charge is 0.371 e. The largest absolute Gasteiger partial charge is 0.475 e. The second kappa shape index (κ2) is 4.06. The number of carbonyl (C=O) groups is 1. The molecule has 1 heterocycles. The summed E-state index contributed by atoms with van der Waals surface area (Å²) in [7, 11) is 0. The molecule has 1 aliphatic rings. The highest BCUT2D eigenvalue weighted by Gasteiger charge is 2.24. The van der Waals surface area contributed by atoms with Crippen molar-refractivity contribution in [1.29, 1.82) is 0 Å². The van der Waals surface area contributed by atoms with Crippen molar-refractivity contribution in [2.75, 3.05) is 0 Å². The van der Waals surface area contributed by atoms with E-state index in [0.717, 1.165) is 31.4 Å². The minimum Gasteiger partial charge on any atom is -0.475 e. The van der Waals surface area contributed by atoms with Crippen LogP contribution in [0.2, 0.25) is 0 Å². The first-order valence-electron chi connectivity index (χ1n) is 5.25. The SMILES string of the molecule is NC1CCCC(c2ccc(C(=O)O)o2)C1. The highest BCUT2D eigenvalue weighted by Crippen LogP contribution is 2.33. The number of hydrogen-bond acceptors (Lipinski definition) is 3. The standard InChI is InChI=1S/C11H15NO3/c12-8-3-1-2-7(6-8)9-4-5-10(15-9)11(13)14/h4-5,7-8H,1-3,6,12H2,(H,13,14). The van der Waals surface area contributed by atoms with E-state index < -0.39 is 5.97 Å². The molecule has 0 aromatic carbocycles. The Morgan fingerprint density at radius 3 is 2.87 bits per heavy atom. The molecule has 1 aromatic rings. The van der Waals surface area contributed by atoms with Crippen LogP contribution in [-0.4, -0.2) is 17.1 Å². The topological polar surface area (TPSA) is 76.5 Å². The lowest BCUT2D eigenvalue weighted by atomic mass is 9.85. The average molecular weight is 209 g/mol. The van der Waals surface area contributed by atoms with Gasteiger partial charge in [-0.05, 0) is 31.4 Å². The Morgan fingerprint density at radius 1 is 1.47 bits per heavy atom. The van der Waals surface area contributed by atoms with E-state index in [1.165, 1.54) is 6.07 Å². The first-order chi connectivity index (χ1) is 7.16. The van der Waals surface area contributed by atoms with Crippen molar-refractivity contribution < 1.29 is 14.3 Å². The average Bonchev–Trinajstić information content (AvgIpc) is 2.66. The summed E-state index contributed by atoms with van der Waals surface area (Å²) in [6, 6.07) is 3.49. The lowest BCUT2D eigenvalue weighted by molar-refractivity contribution is 0.0659. The molecule has 0 bridgehead atoms. The maximum atomic E-state index is 10.6. The molecule has 1 aromatic heterocycles. The van der Waals surface area contributed by atoms with Gasteiger partial charge in [-0.1, -0.05) is 6.42 Å². The quantitative estimate of drug-likeness (QED) is 0.780. The normalized spacial score (nSPS) is 26.5. The molecule has 0 radical (unpaired) electrons. The third-order valence-corrected chi connectivity index (χ3v) is 2.95. The van der Waals surface area contributed by atoms with Crippen molar-refractivity contribution in [2.24, 2.45) is 5.73 Å². The molecule has 82 valence electrons. The molecule has 0 amide bonds. The maximum absolute atomic E-state index is 10.6. The summed E-state index contributed by atoms with van der Waals surface area (Å²) >= 11 is 0. The Bertz CT molecular complexity index is 358. The molecule has 2 atom stereocenters. The van der Waals surface area contributed by atoms with E-state index in [1.54, 1.807) is 6.07 Å². The van der Waals surface area contributed by atoms with Gasteiger partial charge >= 0.3 is 5.97 Å². The van der Waals surface area contributed by atoms with Crippen LogP contribution >= 0.6 is 0 Å². The van der Waals surface area contributed by atoms with Gasteiger partial charge in [0.2, 0.25) is 5.76 Å². The van der Waals surface area contributed by atoms with Crippen LogP contribution < -0.4 is 5.73 Å². The third kappa shape index (κ3) is 2.21. The van der Waals surface area contributed by atoms with Gasteiger partial charge < -0.3 is 15.3 Å². The zero-order chi connectivity index (χ0) is 10.8. The summed E-state index contributed by atoms with van der Waals surface area (Å²) in [5.74, 6) is 0.0647. The molecule has 3 N–H and O–H groups in total. The van der Waals surface area contributed by atoms with Gasteiger partial charge in [-0.15, -0.1) is 0 Å². The van der Waals surface area contributed by atoms with Crippen LogP contribution in [0.4, 0.5) is 0 Å². The third-order valence-electron chi connectivity index (χ3n) is 2.95. The monoisotopic (exact) mass is 209 g/mol. The fraction of sp³-hybridized carbons (Fsp3) is 0.545. The lowest BCUT2D eigenvalue weighted by Crippen LogP contribution is -2.26. The summed E-state index contributed by atoms with van der Waals surface area (Å²) in [6.07, 6.45) is 4.09. The number of hydrogen-bond donors (Lipinski definition) is 2. The van der Waals surface area contributed by atoms with E-state index in [4.69, 9.17) is 15.3 Å².